The number of nitrogens with one attached hydrogen (secondary N) is 2. The second-order valence-corrected chi connectivity index (χ2v) is 4.25. The van der Waals surface area contributed by atoms with Gasteiger partial charge in [0.1, 0.15) is 5.82 Å². The molecule has 1 aromatic heterocycles. The van der Waals surface area contributed by atoms with Gasteiger partial charge in [0, 0.05) is 20.2 Å². The van der Waals surface area contributed by atoms with E-state index in [4.69, 9.17) is 4.74 Å². The van der Waals surface area contributed by atoms with Crippen molar-refractivity contribution >= 4 is 11.7 Å². The third-order valence-electron chi connectivity index (χ3n) is 2.91. The molecule has 1 amide bonds. The summed E-state index contributed by atoms with van der Waals surface area (Å²) in [7, 11) is 1.57. The molecule has 1 atom stereocenters. The lowest BCUT2D eigenvalue weighted by atomic mass is 10.1. The molecule has 2 N–H and O–H groups in total. The molecule has 98 valence electrons. The Morgan fingerprint density at radius 2 is 2.33 bits per heavy atom. The lowest BCUT2D eigenvalue weighted by Crippen LogP contribution is -2.27. The van der Waals surface area contributed by atoms with Gasteiger partial charge in [0.05, 0.1) is 6.10 Å². The highest BCUT2D eigenvalue weighted by Crippen LogP contribution is 2.13. The van der Waals surface area contributed by atoms with Crippen LogP contribution in [0.2, 0.25) is 0 Å². The van der Waals surface area contributed by atoms with Gasteiger partial charge >= 0.3 is 0 Å². The van der Waals surface area contributed by atoms with Gasteiger partial charge in [-0.05, 0) is 31.4 Å². The van der Waals surface area contributed by atoms with Crippen LogP contribution < -0.4 is 10.6 Å². The topological polar surface area (TPSA) is 76.1 Å². The van der Waals surface area contributed by atoms with Crippen molar-refractivity contribution in [3.8, 4) is 0 Å². The highest BCUT2D eigenvalue weighted by Gasteiger charge is 2.13. The fourth-order valence-corrected chi connectivity index (χ4v) is 1.86. The summed E-state index contributed by atoms with van der Waals surface area (Å²) in [5.74, 6) is 0.432. The van der Waals surface area contributed by atoms with Crippen molar-refractivity contribution in [2.75, 3.05) is 25.5 Å². The minimum atomic E-state index is -0.232. The molecule has 1 saturated heterocycles. The van der Waals surface area contributed by atoms with Crippen molar-refractivity contribution in [3.05, 3.63) is 17.8 Å². The average molecular weight is 250 g/mol. The molecule has 1 aliphatic rings. The summed E-state index contributed by atoms with van der Waals surface area (Å²) < 4.78 is 5.60. The minimum absolute atomic E-state index is 0.232. The van der Waals surface area contributed by atoms with E-state index < -0.39 is 0 Å². The Balaban J connectivity index is 1.84. The van der Waals surface area contributed by atoms with Gasteiger partial charge in [0.25, 0.3) is 5.91 Å². The van der Waals surface area contributed by atoms with E-state index in [0.29, 0.717) is 11.5 Å². The molecule has 2 rings (SSSR count). The summed E-state index contributed by atoms with van der Waals surface area (Å²) in [6.45, 7) is 1.57. The summed E-state index contributed by atoms with van der Waals surface area (Å²) in [5.41, 5.74) is 0.317. The predicted octanol–water partition coefficient (Wildman–Crippen LogP) is 0.817. The van der Waals surface area contributed by atoms with Crippen molar-refractivity contribution < 1.29 is 9.53 Å². The zero-order valence-electron chi connectivity index (χ0n) is 10.5. The molecule has 18 heavy (non-hydrogen) atoms. The van der Waals surface area contributed by atoms with Gasteiger partial charge in [-0.15, -0.1) is 10.2 Å². The lowest BCUT2D eigenvalue weighted by Gasteiger charge is -2.22. The van der Waals surface area contributed by atoms with E-state index in [9.17, 15) is 4.79 Å². The molecule has 0 radical (unpaired) electrons. The fourth-order valence-electron chi connectivity index (χ4n) is 1.86. The van der Waals surface area contributed by atoms with Crippen LogP contribution >= 0.6 is 0 Å². The van der Waals surface area contributed by atoms with Crippen molar-refractivity contribution in [1.29, 1.82) is 0 Å². The normalized spacial score (nSPS) is 19.3. The molecule has 0 aliphatic carbocycles. The molecule has 0 spiro atoms. The summed E-state index contributed by atoms with van der Waals surface area (Å²) in [6.07, 6.45) is 3.70. The van der Waals surface area contributed by atoms with E-state index in [-0.39, 0.29) is 12.0 Å². The summed E-state index contributed by atoms with van der Waals surface area (Å²) in [4.78, 5) is 11.3. The molecular formula is C12H18N4O2. The van der Waals surface area contributed by atoms with Gasteiger partial charge in [-0.25, -0.2) is 0 Å². The van der Waals surface area contributed by atoms with Crippen molar-refractivity contribution in [2.24, 2.45) is 0 Å². The van der Waals surface area contributed by atoms with Gasteiger partial charge < -0.3 is 15.4 Å². The predicted molar refractivity (Wildman–Crippen MR) is 67.5 cm³/mol. The van der Waals surface area contributed by atoms with E-state index in [2.05, 4.69) is 20.8 Å². The number of nitrogens with zero attached hydrogens (tertiary/aromatic N) is 2. The number of amides is 1. The third-order valence-corrected chi connectivity index (χ3v) is 2.91. The van der Waals surface area contributed by atoms with Gasteiger partial charge in [-0.1, -0.05) is 0 Å². The second kappa shape index (κ2) is 6.30. The summed E-state index contributed by atoms with van der Waals surface area (Å²) in [5, 5.41) is 13.5. The molecule has 2 heterocycles. The molecule has 1 aromatic rings. The van der Waals surface area contributed by atoms with Gasteiger partial charge in [0.15, 0.2) is 5.69 Å². The highest BCUT2D eigenvalue weighted by atomic mass is 16.5. The maximum absolute atomic E-state index is 11.3. The van der Waals surface area contributed by atoms with Crippen molar-refractivity contribution in [2.45, 2.75) is 25.4 Å². The maximum atomic E-state index is 11.3. The Morgan fingerprint density at radius 3 is 2.94 bits per heavy atom. The molecule has 1 aliphatic heterocycles. The lowest BCUT2D eigenvalue weighted by molar-refractivity contribution is 0.0247. The molecule has 1 fully saturated rings. The number of carbonyl (C=O) groups is 1. The van der Waals surface area contributed by atoms with E-state index in [1.165, 1.54) is 6.42 Å². The standard InChI is InChI=1S/C12H18N4O2/c1-13-12(17)10-5-6-11(16-15-10)14-8-9-4-2-3-7-18-9/h5-6,9H,2-4,7-8H2,1H3,(H,13,17)(H,14,16). The molecule has 0 saturated carbocycles. The number of aromatic nitrogens is 2. The Kier molecular flexibility index (Phi) is 4.46. The molecular weight excluding hydrogens is 232 g/mol. The van der Waals surface area contributed by atoms with E-state index in [1.54, 1.807) is 19.2 Å². The smallest absolute Gasteiger partial charge is 0.271 e. The Bertz CT molecular complexity index is 388. The molecule has 6 heteroatoms. The largest absolute Gasteiger partial charge is 0.376 e. The van der Waals surface area contributed by atoms with Crippen LogP contribution in [0.5, 0.6) is 0 Å². The van der Waals surface area contributed by atoms with Gasteiger partial charge in [-0.2, -0.15) is 0 Å². The van der Waals surface area contributed by atoms with Gasteiger partial charge in [0.2, 0.25) is 0 Å². The summed E-state index contributed by atoms with van der Waals surface area (Å²) in [6, 6.07) is 3.40. The second-order valence-electron chi connectivity index (χ2n) is 4.25. The van der Waals surface area contributed by atoms with Crippen LogP contribution in [0.25, 0.3) is 0 Å². The molecule has 0 bridgehead atoms. The first-order valence-electron chi connectivity index (χ1n) is 6.21. The first-order valence-corrected chi connectivity index (χ1v) is 6.21. The number of anilines is 1. The minimum Gasteiger partial charge on any atom is -0.376 e. The average Bonchev–Trinajstić information content (AvgIpc) is 2.46. The number of hydrogen-bond donors (Lipinski definition) is 2. The monoisotopic (exact) mass is 250 g/mol. The van der Waals surface area contributed by atoms with Crippen LogP contribution in [0.4, 0.5) is 5.82 Å². The van der Waals surface area contributed by atoms with Crippen molar-refractivity contribution in [1.82, 2.24) is 15.5 Å². The zero-order valence-corrected chi connectivity index (χ0v) is 10.5. The number of hydrogen-bond acceptors (Lipinski definition) is 5. The van der Waals surface area contributed by atoms with Crippen molar-refractivity contribution in [3.63, 3.8) is 0 Å². The molecule has 0 aromatic carbocycles. The first kappa shape index (κ1) is 12.8. The van der Waals surface area contributed by atoms with E-state index in [0.717, 1.165) is 26.0 Å². The quantitative estimate of drug-likeness (QED) is 0.827. The number of ether oxygens (including phenoxy) is 1. The fraction of sp³-hybridized carbons (Fsp3) is 0.583. The van der Waals surface area contributed by atoms with Crippen LogP contribution in [0, 0.1) is 0 Å². The number of rotatable bonds is 4. The van der Waals surface area contributed by atoms with Crippen LogP contribution in [0.1, 0.15) is 29.8 Å². The Hall–Kier alpha value is -1.69. The van der Waals surface area contributed by atoms with Crippen LogP contribution in [-0.2, 0) is 4.74 Å². The number of carbonyl (C=O) groups excluding carboxylic acids is 1. The third kappa shape index (κ3) is 3.40. The Labute approximate surface area is 106 Å². The zero-order chi connectivity index (χ0) is 12.8. The van der Waals surface area contributed by atoms with E-state index >= 15 is 0 Å². The first-order chi connectivity index (χ1) is 8.79. The summed E-state index contributed by atoms with van der Waals surface area (Å²) >= 11 is 0. The van der Waals surface area contributed by atoms with E-state index in [1.807, 2.05) is 0 Å². The SMILES string of the molecule is CNC(=O)c1ccc(NCC2CCCCO2)nn1. The molecule has 6 nitrogen and oxygen atoms in total. The highest BCUT2D eigenvalue weighted by molar-refractivity contribution is 5.91. The Morgan fingerprint density at radius 1 is 1.44 bits per heavy atom. The van der Waals surface area contributed by atoms with Crippen LogP contribution in [0.15, 0.2) is 12.1 Å². The van der Waals surface area contributed by atoms with Gasteiger partial charge in [-0.3, -0.25) is 4.79 Å². The molecule has 1 unspecified atom stereocenters. The maximum Gasteiger partial charge on any atom is 0.271 e. The van der Waals surface area contributed by atoms with Crippen LogP contribution in [0.3, 0.4) is 0 Å². The van der Waals surface area contributed by atoms with Crippen LogP contribution in [-0.4, -0.2) is 42.4 Å².